The standard InChI is InChI=1S/C44H69NO3/c1-3-5-7-9-11-12-13-14-15-16-17-18-19-20-21-22-23-24-25-26-27-28-29-30-31-32-34-36-38-40-44(48)45-42(41-46)43(47)39-37-35-33-10-8-6-4-2/h5,7,11-12,14-15,17-18,20-21,23-24,26-27,29-30,32,34,37,39,42-43,46-47H,3-4,6,8-10,13,16,19,22,25,28,31,33,35-36,38,40-41H2,1-2H3,(H,45,48)/b7-5-,12-11-,15-14-,18-17-,21-20-,24-23-,27-26-,30-29-,34-32-,39-37+. The van der Waals surface area contributed by atoms with E-state index in [1.54, 1.807) is 6.08 Å². The lowest BCUT2D eigenvalue weighted by Crippen LogP contribution is -2.45. The highest BCUT2D eigenvalue weighted by molar-refractivity contribution is 5.76. The lowest BCUT2D eigenvalue weighted by Gasteiger charge is -2.19. The highest BCUT2D eigenvalue weighted by Gasteiger charge is 2.17. The van der Waals surface area contributed by atoms with Gasteiger partial charge in [0.25, 0.3) is 0 Å². The Balaban J connectivity index is 3.80. The van der Waals surface area contributed by atoms with Gasteiger partial charge in [-0.05, 0) is 83.5 Å². The second-order valence-corrected chi connectivity index (χ2v) is 11.9. The fraction of sp³-hybridized carbons (Fsp3) is 0.523. The largest absolute Gasteiger partial charge is 0.394 e. The maximum Gasteiger partial charge on any atom is 0.220 e. The number of nitrogens with one attached hydrogen (secondary N) is 1. The van der Waals surface area contributed by atoms with Crippen molar-refractivity contribution in [3.63, 3.8) is 0 Å². The number of unbranched alkanes of at least 4 members (excludes halogenated alkanes) is 6. The average molecular weight is 660 g/mol. The predicted octanol–water partition coefficient (Wildman–Crippen LogP) is 11.4. The Morgan fingerprint density at radius 1 is 0.521 bits per heavy atom. The number of carbonyl (C=O) groups excluding carboxylic acids is 1. The van der Waals surface area contributed by atoms with Crippen LogP contribution >= 0.6 is 0 Å². The van der Waals surface area contributed by atoms with Crippen molar-refractivity contribution in [3.8, 4) is 0 Å². The Bertz CT molecular complexity index is 1020. The van der Waals surface area contributed by atoms with E-state index < -0.39 is 12.1 Å². The molecule has 0 rings (SSSR count). The van der Waals surface area contributed by atoms with Gasteiger partial charge in [0.2, 0.25) is 5.91 Å². The van der Waals surface area contributed by atoms with E-state index >= 15 is 0 Å². The first kappa shape index (κ1) is 44.8. The zero-order valence-corrected chi connectivity index (χ0v) is 30.4. The summed E-state index contributed by atoms with van der Waals surface area (Å²) in [7, 11) is 0. The van der Waals surface area contributed by atoms with Crippen molar-refractivity contribution in [2.45, 2.75) is 142 Å². The van der Waals surface area contributed by atoms with E-state index in [0.717, 1.165) is 83.5 Å². The van der Waals surface area contributed by atoms with E-state index in [1.165, 1.54) is 25.7 Å². The molecule has 0 fully saturated rings. The third-order valence-corrected chi connectivity index (χ3v) is 7.45. The van der Waals surface area contributed by atoms with Crippen molar-refractivity contribution < 1.29 is 15.0 Å². The van der Waals surface area contributed by atoms with Gasteiger partial charge in [0.15, 0.2) is 0 Å². The van der Waals surface area contributed by atoms with Gasteiger partial charge >= 0.3 is 0 Å². The molecule has 0 aromatic rings. The molecule has 0 aliphatic carbocycles. The van der Waals surface area contributed by atoms with Crippen LogP contribution in [-0.2, 0) is 4.79 Å². The lowest BCUT2D eigenvalue weighted by molar-refractivity contribution is -0.122. The molecule has 2 atom stereocenters. The van der Waals surface area contributed by atoms with Crippen LogP contribution in [0.4, 0.5) is 0 Å². The molecular weight excluding hydrogens is 590 g/mol. The van der Waals surface area contributed by atoms with Crippen LogP contribution in [0.5, 0.6) is 0 Å². The first-order chi connectivity index (χ1) is 23.7. The van der Waals surface area contributed by atoms with Crippen LogP contribution in [0.15, 0.2) is 122 Å². The van der Waals surface area contributed by atoms with Gasteiger partial charge < -0.3 is 15.5 Å². The Hall–Kier alpha value is -3.21. The number of amides is 1. The van der Waals surface area contributed by atoms with E-state index in [0.29, 0.717) is 6.42 Å². The summed E-state index contributed by atoms with van der Waals surface area (Å²) in [6, 6.07) is -0.658. The first-order valence-electron chi connectivity index (χ1n) is 18.7. The number of rotatable bonds is 31. The molecule has 0 radical (unpaired) electrons. The highest BCUT2D eigenvalue weighted by Crippen LogP contribution is 2.07. The molecular formula is C44H69NO3. The van der Waals surface area contributed by atoms with Crippen LogP contribution < -0.4 is 5.32 Å². The summed E-state index contributed by atoms with van der Waals surface area (Å²) in [5.41, 5.74) is 0. The van der Waals surface area contributed by atoms with Crippen LogP contribution in [0, 0.1) is 0 Å². The van der Waals surface area contributed by atoms with Crippen molar-refractivity contribution in [1.29, 1.82) is 0 Å². The molecule has 0 saturated heterocycles. The fourth-order valence-corrected chi connectivity index (χ4v) is 4.59. The number of hydrogen-bond donors (Lipinski definition) is 3. The normalized spacial score (nSPS) is 14.5. The Labute approximate surface area is 295 Å². The van der Waals surface area contributed by atoms with Crippen LogP contribution in [0.1, 0.15) is 129 Å². The van der Waals surface area contributed by atoms with Crippen molar-refractivity contribution in [3.05, 3.63) is 122 Å². The molecule has 0 aromatic heterocycles. The van der Waals surface area contributed by atoms with Crippen molar-refractivity contribution in [1.82, 2.24) is 5.32 Å². The molecule has 1 amide bonds. The van der Waals surface area contributed by atoms with Crippen LogP contribution in [0.3, 0.4) is 0 Å². The minimum absolute atomic E-state index is 0.134. The summed E-state index contributed by atoms with van der Waals surface area (Å²) in [4.78, 5) is 12.2. The molecule has 48 heavy (non-hydrogen) atoms. The Kier molecular flexibility index (Phi) is 35.7. The maximum absolute atomic E-state index is 12.2. The van der Waals surface area contributed by atoms with Gasteiger partial charge in [-0.2, -0.15) is 0 Å². The second kappa shape index (κ2) is 38.2. The second-order valence-electron chi connectivity index (χ2n) is 11.9. The van der Waals surface area contributed by atoms with Crippen LogP contribution in [-0.4, -0.2) is 34.9 Å². The van der Waals surface area contributed by atoms with E-state index in [1.807, 2.05) is 6.08 Å². The maximum atomic E-state index is 12.2. The summed E-state index contributed by atoms with van der Waals surface area (Å²) in [6.45, 7) is 4.08. The van der Waals surface area contributed by atoms with Crippen molar-refractivity contribution in [2.24, 2.45) is 0 Å². The molecule has 3 N–H and O–H groups in total. The third-order valence-electron chi connectivity index (χ3n) is 7.45. The predicted molar refractivity (Wildman–Crippen MR) is 211 cm³/mol. The summed E-state index contributed by atoms with van der Waals surface area (Å²) >= 11 is 0. The van der Waals surface area contributed by atoms with E-state index in [2.05, 4.69) is 129 Å². The van der Waals surface area contributed by atoms with E-state index in [9.17, 15) is 15.0 Å². The third kappa shape index (κ3) is 34.1. The number of hydrogen-bond acceptors (Lipinski definition) is 3. The minimum atomic E-state index is -0.868. The monoisotopic (exact) mass is 660 g/mol. The SMILES string of the molecule is CC/C=C\C/C=C\C/C=C\C/C=C\C/C=C\C/C=C\C/C=C\C/C=C\C/C=C\CCCC(=O)NC(CO)C(O)/C=C/CCCCCCC. The van der Waals surface area contributed by atoms with Gasteiger partial charge in [0.05, 0.1) is 18.8 Å². The summed E-state index contributed by atoms with van der Waals surface area (Å²) < 4.78 is 0. The molecule has 268 valence electrons. The highest BCUT2D eigenvalue weighted by atomic mass is 16.3. The van der Waals surface area contributed by atoms with Crippen LogP contribution in [0.25, 0.3) is 0 Å². The number of allylic oxidation sites excluding steroid dienone is 19. The zero-order chi connectivity index (χ0) is 35.0. The zero-order valence-electron chi connectivity index (χ0n) is 30.4. The van der Waals surface area contributed by atoms with Gasteiger partial charge in [-0.15, -0.1) is 0 Å². The molecule has 0 saturated carbocycles. The van der Waals surface area contributed by atoms with E-state index in [-0.39, 0.29) is 12.5 Å². The fourth-order valence-electron chi connectivity index (χ4n) is 4.59. The van der Waals surface area contributed by atoms with Gasteiger partial charge in [-0.3, -0.25) is 4.79 Å². The average Bonchev–Trinajstić information content (AvgIpc) is 3.09. The topological polar surface area (TPSA) is 69.6 Å². The smallest absolute Gasteiger partial charge is 0.220 e. The molecule has 0 aliphatic heterocycles. The van der Waals surface area contributed by atoms with Gasteiger partial charge in [0.1, 0.15) is 0 Å². The minimum Gasteiger partial charge on any atom is -0.394 e. The summed E-state index contributed by atoms with van der Waals surface area (Å²) in [5.74, 6) is -0.134. The molecule has 0 spiro atoms. The van der Waals surface area contributed by atoms with Crippen molar-refractivity contribution >= 4 is 5.91 Å². The quantitative estimate of drug-likeness (QED) is 0.0512. The molecule has 2 unspecified atom stereocenters. The first-order valence-corrected chi connectivity index (χ1v) is 18.7. The summed E-state index contributed by atoms with van der Waals surface area (Å²) in [5, 5.41) is 22.6. The lowest BCUT2D eigenvalue weighted by atomic mass is 10.1. The number of aliphatic hydroxyl groups is 2. The van der Waals surface area contributed by atoms with Gasteiger partial charge in [-0.1, -0.05) is 161 Å². The Morgan fingerprint density at radius 2 is 0.917 bits per heavy atom. The Morgan fingerprint density at radius 3 is 1.33 bits per heavy atom. The molecule has 0 heterocycles. The van der Waals surface area contributed by atoms with Gasteiger partial charge in [-0.25, -0.2) is 0 Å². The molecule has 0 aliphatic rings. The van der Waals surface area contributed by atoms with Crippen molar-refractivity contribution in [2.75, 3.05) is 6.61 Å². The molecule has 0 bridgehead atoms. The van der Waals surface area contributed by atoms with Gasteiger partial charge in [0, 0.05) is 6.42 Å². The number of carbonyl (C=O) groups is 1. The number of aliphatic hydroxyl groups excluding tert-OH is 2. The van der Waals surface area contributed by atoms with E-state index in [4.69, 9.17) is 0 Å². The summed E-state index contributed by atoms with van der Waals surface area (Å²) in [6.07, 6.45) is 60.2. The molecule has 4 heteroatoms. The molecule has 4 nitrogen and oxygen atoms in total. The molecule has 0 aromatic carbocycles. The van der Waals surface area contributed by atoms with Crippen LogP contribution in [0.2, 0.25) is 0 Å².